The summed E-state index contributed by atoms with van der Waals surface area (Å²) in [5, 5.41) is 3.07. The molecule has 0 aromatic carbocycles. The highest BCUT2D eigenvalue weighted by atomic mass is 31.2. The highest BCUT2D eigenvalue weighted by Crippen LogP contribution is 2.44. The zero-order chi connectivity index (χ0) is 25.5. The molecule has 0 amide bonds. The molecule has 0 fully saturated rings. The zero-order valence-electron chi connectivity index (χ0n) is 23.9. The van der Waals surface area contributed by atoms with Gasteiger partial charge in [0.05, 0.1) is 13.2 Å². The fourth-order valence-corrected chi connectivity index (χ4v) is 5.25. The van der Waals surface area contributed by atoms with Gasteiger partial charge in [-0.2, -0.15) is 0 Å². The summed E-state index contributed by atoms with van der Waals surface area (Å²) in [5.74, 6) is 0.155. The Hall–Kier alpha value is 0.0700. The van der Waals surface area contributed by atoms with Gasteiger partial charge in [-0.1, -0.05) is 106 Å². The van der Waals surface area contributed by atoms with Crippen molar-refractivity contribution >= 4 is 7.75 Å². The van der Waals surface area contributed by atoms with Crippen LogP contribution in [0.3, 0.4) is 0 Å². The van der Waals surface area contributed by atoms with Gasteiger partial charge in [0.1, 0.15) is 0 Å². The van der Waals surface area contributed by atoms with Crippen molar-refractivity contribution in [2.24, 2.45) is 11.8 Å². The van der Waals surface area contributed by atoms with E-state index in [0.717, 1.165) is 32.5 Å². The lowest BCUT2D eigenvalue weighted by atomic mass is 9.95. The second-order valence-corrected chi connectivity index (χ2v) is 11.0. The number of hydrogen-bond donors (Lipinski definition) is 1. The summed E-state index contributed by atoms with van der Waals surface area (Å²) in [5.41, 5.74) is 0. The average molecular weight is 481 g/mol. The predicted octanol–water partition coefficient (Wildman–Crippen LogP) is 8.05. The van der Waals surface area contributed by atoms with Crippen LogP contribution < -0.4 is 5.09 Å². The van der Waals surface area contributed by atoms with E-state index in [4.69, 9.17) is 11.8 Å². The number of hydrogen-bond acceptors (Lipinski definition) is 4. The molecular formula is C26H57N2O3P. The van der Waals surface area contributed by atoms with Crippen molar-refractivity contribution < 1.29 is 16.4 Å². The molecule has 0 aromatic heterocycles. The van der Waals surface area contributed by atoms with Crippen LogP contribution in [0, 0.1) is 11.8 Å². The molecule has 6 heteroatoms. The lowest BCUT2D eigenvalue weighted by Crippen LogP contribution is -2.32. The molecule has 0 rings (SSSR count). The summed E-state index contributed by atoms with van der Waals surface area (Å²) in [7, 11) is -3.47. The van der Waals surface area contributed by atoms with E-state index in [1.165, 1.54) is 64.2 Å². The van der Waals surface area contributed by atoms with Crippen LogP contribution in [0.25, 0.3) is 0 Å². The Balaban J connectivity index is 4.93. The standard InChI is InChI=1S/C26H57N2O3P/c1-7-11-13-15-17-19-26(20-18-16-14-12-8-2)24-31-32(29,30-23-25(5)6)27-21-22-28(9-3)10-4/h25-26H,7-24H2,1-6H3,(H,27,29)/i5T,6T. The minimum Gasteiger partial charge on any atom is -0.303 e. The number of unbranched alkanes of at least 4 members (excludes halogenated alkanes) is 8. The van der Waals surface area contributed by atoms with Gasteiger partial charge in [0.15, 0.2) is 0 Å². The monoisotopic (exact) mass is 480 g/mol. The Morgan fingerprint density at radius 1 is 0.812 bits per heavy atom. The summed E-state index contributed by atoms with van der Waals surface area (Å²) >= 11 is 0. The first-order chi connectivity index (χ1) is 16.5. The minimum absolute atomic E-state index is 0.0983. The van der Waals surface area contributed by atoms with Gasteiger partial charge < -0.3 is 4.90 Å². The Morgan fingerprint density at radius 2 is 1.34 bits per heavy atom. The van der Waals surface area contributed by atoms with Crippen LogP contribution in [0.5, 0.6) is 0 Å². The maximum Gasteiger partial charge on any atom is 0.405 e. The molecule has 0 saturated heterocycles. The number of rotatable bonds is 24. The normalized spacial score (nSPS) is 14.8. The van der Waals surface area contributed by atoms with Gasteiger partial charge in [-0.3, -0.25) is 9.05 Å². The Labute approximate surface area is 204 Å². The first-order valence-electron chi connectivity index (χ1n) is 14.8. The van der Waals surface area contributed by atoms with Crippen molar-refractivity contribution in [1.29, 1.82) is 0 Å². The van der Waals surface area contributed by atoms with Crippen molar-refractivity contribution in [1.82, 2.24) is 9.99 Å². The molecule has 0 radical (unpaired) electrons. The zero-order valence-corrected chi connectivity index (χ0v) is 22.8. The average Bonchev–Trinajstić information content (AvgIpc) is 2.85. The first kappa shape index (κ1) is 28.3. The molecule has 0 aliphatic heterocycles. The van der Waals surface area contributed by atoms with Gasteiger partial charge in [-0.15, -0.1) is 0 Å². The first-order valence-corrected chi connectivity index (χ1v) is 15.0. The van der Waals surface area contributed by atoms with E-state index in [9.17, 15) is 4.57 Å². The predicted molar refractivity (Wildman–Crippen MR) is 140 cm³/mol. The summed E-state index contributed by atoms with van der Waals surface area (Å²) in [6.07, 6.45) is 14.8. The molecule has 1 N–H and O–H groups in total. The fourth-order valence-electron chi connectivity index (χ4n) is 3.80. The summed E-state index contributed by atoms with van der Waals surface area (Å²) < 4.78 is 40.5. The molecule has 194 valence electrons. The molecule has 1 unspecified atom stereocenters. The van der Waals surface area contributed by atoms with Crippen LogP contribution in [0.1, 0.15) is 121 Å². The van der Waals surface area contributed by atoms with E-state index in [1.807, 2.05) is 0 Å². The molecule has 0 saturated carbocycles. The van der Waals surface area contributed by atoms with Crippen LogP contribution in [0.15, 0.2) is 0 Å². The van der Waals surface area contributed by atoms with E-state index in [2.05, 4.69) is 37.7 Å². The summed E-state index contributed by atoms with van der Waals surface area (Å²) in [4.78, 5) is 2.27. The van der Waals surface area contributed by atoms with Crippen molar-refractivity contribution in [3.8, 4) is 0 Å². The molecule has 1 atom stereocenters. The Morgan fingerprint density at radius 3 is 1.84 bits per heavy atom. The SMILES string of the molecule is [3H]CC(C[3H])COP(=O)(NCCN(CC)CC)OCC(CCCCCCC)CCCCCCC. The lowest BCUT2D eigenvalue weighted by Gasteiger charge is -2.25. The van der Waals surface area contributed by atoms with Gasteiger partial charge >= 0.3 is 7.75 Å². The number of nitrogens with zero attached hydrogens (tertiary/aromatic N) is 1. The van der Waals surface area contributed by atoms with Gasteiger partial charge in [0, 0.05) is 15.8 Å². The smallest absolute Gasteiger partial charge is 0.303 e. The fraction of sp³-hybridized carbons (Fsp3) is 1.00. The highest BCUT2D eigenvalue weighted by Gasteiger charge is 2.26. The molecule has 0 spiro atoms. The lowest BCUT2D eigenvalue weighted by molar-refractivity contribution is 0.150. The van der Waals surface area contributed by atoms with Crippen molar-refractivity contribution in [2.45, 2.75) is 119 Å². The van der Waals surface area contributed by atoms with Gasteiger partial charge in [-0.25, -0.2) is 9.65 Å². The summed E-state index contributed by atoms with van der Waals surface area (Å²) in [6, 6.07) is 0. The quantitative estimate of drug-likeness (QED) is 0.112. The van der Waals surface area contributed by atoms with Crippen molar-refractivity contribution in [3.63, 3.8) is 0 Å². The van der Waals surface area contributed by atoms with E-state index in [1.54, 1.807) is 0 Å². The topological polar surface area (TPSA) is 50.8 Å². The second kappa shape index (κ2) is 21.6. The van der Waals surface area contributed by atoms with Crippen LogP contribution in [-0.4, -0.2) is 44.3 Å². The number of nitrogens with one attached hydrogen (secondary N) is 1. The van der Waals surface area contributed by atoms with E-state index >= 15 is 0 Å². The third kappa shape index (κ3) is 18.5. The van der Waals surface area contributed by atoms with Crippen LogP contribution in [0.2, 0.25) is 0 Å². The molecular weight excluding hydrogens is 419 g/mol. The Bertz CT molecular complexity index is 467. The Kier molecular flexibility index (Phi) is 19.1. The third-order valence-corrected chi connectivity index (χ3v) is 7.61. The highest BCUT2D eigenvalue weighted by molar-refractivity contribution is 7.51. The second-order valence-electron chi connectivity index (χ2n) is 9.16. The molecule has 0 aliphatic carbocycles. The van der Waals surface area contributed by atoms with Crippen LogP contribution in [0.4, 0.5) is 0 Å². The number of likely N-dealkylation sites (N-methyl/N-ethyl adjacent to an activating group) is 1. The molecule has 0 aromatic rings. The molecule has 5 nitrogen and oxygen atoms in total. The van der Waals surface area contributed by atoms with Crippen molar-refractivity contribution in [3.05, 3.63) is 0 Å². The molecule has 0 aliphatic rings. The molecule has 0 bridgehead atoms. The van der Waals surface area contributed by atoms with Gasteiger partial charge in [0.25, 0.3) is 0 Å². The third-order valence-electron chi connectivity index (χ3n) is 6.02. The van der Waals surface area contributed by atoms with Gasteiger partial charge in [-0.05, 0) is 37.8 Å². The van der Waals surface area contributed by atoms with Crippen LogP contribution >= 0.6 is 7.75 Å². The van der Waals surface area contributed by atoms with Crippen LogP contribution in [-0.2, 0) is 13.6 Å². The molecule has 0 heterocycles. The minimum atomic E-state index is -3.47. The molecule has 32 heavy (non-hydrogen) atoms. The van der Waals surface area contributed by atoms with Crippen molar-refractivity contribution in [2.75, 3.05) is 39.4 Å². The maximum absolute atomic E-state index is 13.5. The van der Waals surface area contributed by atoms with E-state index in [0.29, 0.717) is 19.1 Å². The van der Waals surface area contributed by atoms with E-state index in [-0.39, 0.29) is 26.3 Å². The van der Waals surface area contributed by atoms with Gasteiger partial charge in [0.2, 0.25) is 0 Å². The summed E-state index contributed by atoms with van der Waals surface area (Å²) in [6.45, 7) is 12.7. The van der Waals surface area contributed by atoms with E-state index < -0.39 is 7.75 Å². The largest absolute Gasteiger partial charge is 0.405 e. The maximum atomic E-state index is 13.5.